The molecule has 1 aliphatic heterocycles. The number of quaternary nitrogens is 1. The lowest BCUT2D eigenvalue weighted by molar-refractivity contribution is -0.761. The van der Waals surface area contributed by atoms with Crippen LogP contribution in [0.15, 0.2) is 51.1 Å². The molecule has 1 amide bonds. The molecule has 0 bridgehead atoms. The number of amides is 1. The van der Waals surface area contributed by atoms with Crippen molar-refractivity contribution in [3.63, 3.8) is 0 Å². The summed E-state index contributed by atoms with van der Waals surface area (Å²) < 4.78 is 36.8. The first-order chi connectivity index (χ1) is 12.7. The largest absolute Gasteiger partial charge is 0.497 e. The molecule has 0 aromatic heterocycles. The number of rotatable bonds is 6. The summed E-state index contributed by atoms with van der Waals surface area (Å²) in [6, 6.07) is 4.73. The molecule has 0 radical (unpaired) electrons. The van der Waals surface area contributed by atoms with E-state index in [0.29, 0.717) is 11.3 Å². The number of hydroxylamine groups is 1. The molecule has 27 heavy (non-hydrogen) atoms. The van der Waals surface area contributed by atoms with Gasteiger partial charge in [-0.05, 0) is 35.9 Å². The van der Waals surface area contributed by atoms with Crippen LogP contribution in [0, 0.1) is 0 Å². The van der Waals surface area contributed by atoms with E-state index < -0.39 is 21.8 Å². The van der Waals surface area contributed by atoms with Crippen LogP contribution in [-0.2, 0) is 19.4 Å². The summed E-state index contributed by atoms with van der Waals surface area (Å²) in [6.45, 7) is 0.183. The first kappa shape index (κ1) is 21.5. The molecule has 0 fully saturated rings. The minimum absolute atomic E-state index is 0.0222. The lowest BCUT2D eigenvalue weighted by Gasteiger charge is -2.33. The van der Waals surface area contributed by atoms with Crippen molar-refractivity contribution in [2.75, 3.05) is 34.9 Å². The number of hydrogen-bond donors (Lipinski definition) is 2. The maximum absolute atomic E-state index is 13.3. The van der Waals surface area contributed by atoms with Crippen molar-refractivity contribution in [3.8, 4) is 5.75 Å². The van der Waals surface area contributed by atoms with Gasteiger partial charge in [0.2, 0.25) is 15.9 Å². The Hall–Kier alpha value is -1.85. The zero-order valence-electron chi connectivity index (χ0n) is 15.5. The molecular formula is C17H23N2O6S2+. The van der Waals surface area contributed by atoms with Gasteiger partial charge in [-0.25, -0.2) is 17.8 Å². The predicted molar refractivity (Wildman–Crippen MR) is 102 cm³/mol. The second-order valence-corrected chi connectivity index (χ2v) is 9.61. The lowest BCUT2D eigenvalue weighted by Crippen LogP contribution is -2.53. The molecule has 8 nitrogen and oxygen atoms in total. The van der Waals surface area contributed by atoms with Gasteiger partial charge in [0.25, 0.3) is 0 Å². The van der Waals surface area contributed by atoms with Crippen molar-refractivity contribution >= 4 is 27.7 Å². The Balaban J connectivity index is 2.66. The Bertz CT molecular complexity index is 860. The van der Waals surface area contributed by atoms with Gasteiger partial charge in [-0.3, -0.25) is 10.0 Å². The number of methoxy groups -OCH3 is 2. The molecule has 2 rings (SSSR count). The van der Waals surface area contributed by atoms with Gasteiger partial charge >= 0.3 is 5.91 Å². The fourth-order valence-corrected chi connectivity index (χ4v) is 5.38. The minimum Gasteiger partial charge on any atom is -0.497 e. The molecule has 1 unspecified atom stereocenters. The van der Waals surface area contributed by atoms with E-state index >= 15 is 0 Å². The highest BCUT2D eigenvalue weighted by Crippen LogP contribution is 2.37. The summed E-state index contributed by atoms with van der Waals surface area (Å²) in [5, 5.41) is 11.0. The lowest BCUT2D eigenvalue weighted by atomic mass is 10.2. The number of hydrogen-bond acceptors (Lipinski definition) is 7. The molecular weight excluding hydrogens is 392 g/mol. The number of likely N-dealkylation sites (N-methyl/N-ethyl adjacent to an activating group) is 1. The minimum atomic E-state index is -4.03. The van der Waals surface area contributed by atoms with Crippen molar-refractivity contribution < 1.29 is 31.8 Å². The molecule has 0 saturated carbocycles. The van der Waals surface area contributed by atoms with E-state index in [0.717, 1.165) is 0 Å². The number of nitrogens with one attached hydrogen (secondary N) is 1. The maximum Gasteiger partial charge on any atom is 0.308 e. The second-order valence-electron chi connectivity index (χ2n) is 6.27. The Morgan fingerprint density at radius 3 is 2.41 bits per heavy atom. The zero-order chi connectivity index (χ0) is 20.2. The third kappa shape index (κ3) is 4.53. The van der Waals surface area contributed by atoms with E-state index in [-0.39, 0.29) is 20.3 Å². The van der Waals surface area contributed by atoms with E-state index in [2.05, 4.69) is 0 Å². The molecule has 148 valence electrons. The smallest absolute Gasteiger partial charge is 0.308 e. The van der Waals surface area contributed by atoms with Crippen molar-refractivity contribution in [1.82, 2.24) is 5.48 Å². The average molecular weight is 416 g/mol. The van der Waals surface area contributed by atoms with Gasteiger partial charge in [-0.2, -0.15) is 0 Å². The first-order valence-electron chi connectivity index (χ1n) is 7.92. The van der Waals surface area contributed by atoms with Crippen LogP contribution in [0.1, 0.15) is 0 Å². The van der Waals surface area contributed by atoms with Crippen LogP contribution in [-0.4, -0.2) is 64.4 Å². The number of sulfone groups is 1. The fourth-order valence-electron chi connectivity index (χ4n) is 2.70. The van der Waals surface area contributed by atoms with E-state index in [1.807, 2.05) is 0 Å². The quantitative estimate of drug-likeness (QED) is 0.314. The zero-order valence-corrected chi connectivity index (χ0v) is 17.1. The fraction of sp³-hybridized carbons (Fsp3) is 0.353. The molecule has 1 aromatic carbocycles. The average Bonchev–Trinajstić information content (AvgIpc) is 2.78. The van der Waals surface area contributed by atoms with E-state index in [4.69, 9.17) is 9.47 Å². The second kappa shape index (κ2) is 8.44. The molecule has 1 atom stereocenters. The third-order valence-electron chi connectivity index (χ3n) is 4.04. The molecule has 0 saturated heterocycles. The summed E-state index contributed by atoms with van der Waals surface area (Å²) in [4.78, 5) is 12.3. The number of carbonyl (C=O) groups is 1. The van der Waals surface area contributed by atoms with Crippen molar-refractivity contribution in [2.24, 2.45) is 0 Å². The Kier molecular flexibility index (Phi) is 6.71. The summed E-state index contributed by atoms with van der Waals surface area (Å²) in [5.41, 5.74) is 2.19. The summed E-state index contributed by atoms with van der Waals surface area (Å²) in [5.74, 6) is -0.303. The first-order valence-corrected chi connectivity index (χ1v) is 10.2. The van der Waals surface area contributed by atoms with Crippen LogP contribution in [0.5, 0.6) is 5.75 Å². The molecule has 2 N–H and O–H groups in total. The molecule has 1 heterocycles. The highest BCUT2D eigenvalue weighted by atomic mass is 32.2. The molecule has 0 spiro atoms. The van der Waals surface area contributed by atoms with Gasteiger partial charge in [-0.15, -0.1) is 0 Å². The van der Waals surface area contributed by atoms with Gasteiger partial charge in [0.1, 0.15) is 22.6 Å². The third-order valence-corrected chi connectivity index (χ3v) is 7.06. The topological polar surface area (TPSA) is 102 Å². The summed E-state index contributed by atoms with van der Waals surface area (Å²) in [7, 11) is 2.33. The van der Waals surface area contributed by atoms with Crippen molar-refractivity contribution in [2.45, 2.75) is 10.9 Å². The van der Waals surface area contributed by atoms with Gasteiger partial charge in [0, 0.05) is 12.5 Å². The van der Waals surface area contributed by atoms with E-state index in [9.17, 15) is 18.4 Å². The van der Waals surface area contributed by atoms with Crippen LogP contribution in [0.25, 0.3) is 0 Å². The summed E-state index contributed by atoms with van der Waals surface area (Å²) in [6.07, 6.45) is 1.43. The van der Waals surface area contributed by atoms with Crippen LogP contribution in [0.4, 0.5) is 0 Å². The molecule has 1 aromatic rings. The monoisotopic (exact) mass is 415 g/mol. The number of nitrogens with zero attached hydrogens (tertiary/aromatic N) is 1. The standard InChI is InChI=1S/C17H22N2O6S2/c1-19(2)16(17(20)18-21)15(9-12(10-24-3)11-26-19)27(22,23)14-7-5-13(25-4)6-8-14/h5-9,11,16H,10H2,1-4H3,(H-,18,20,21)/p+1. The van der Waals surface area contributed by atoms with Gasteiger partial charge in [0.05, 0.1) is 32.7 Å². The van der Waals surface area contributed by atoms with Crippen LogP contribution in [0.3, 0.4) is 0 Å². The molecule has 10 heteroatoms. The molecule has 1 aliphatic rings. The van der Waals surface area contributed by atoms with Crippen LogP contribution in [0.2, 0.25) is 0 Å². The number of benzene rings is 1. The van der Waals surface area contributed by atoms with E-state index in [1.54, 1.807) is 25.0 Å². The van der Waals surface area contributed by atoms with Crippen molar-refractivity contribution in [1.29, 1.82) is 0 Å². The Morgan fingerprint density at radius 2 is 1.89 bits per heavy atom. The Morgan fingerprint density at radius 1 is 1.26 bits per heavy atom. The predicted octanol–water partition coefficient (Wildman–Crippen LogP) is 1.50. The Labute approximate surface area is 163 Å². The van der Waals surface area contributed by atoms with Gasteiger partial charge < -0.3 is 9.47 Å². The highest BCUT2D eigenvalue weighted by Gasteiger charge is 2.46. The van der Waals surface area contributed by atoms with E-state index in [1.165, 1.54) is 56.5 Å². The van der Waals surface area contributed by atoms with Crippen molar-refractivity contribution in [3.05, 3.63) is 46.2 Å². The van der Waals surface area contributed by atoms with Gasteiger partial charge in [0.15, 0.2) is 0 Å². The molecule has 0 aliphatic carbocycles. The number of ether oxygens (including phenoxy) is 2. The van der Waals surface area contributed by atoms with Gasteiger partial charge in [-0.1, -0.05) is 0 Å². The normalized spacial score (nSPS) is 19.5. The van der Waals surface area contributed by atoms with Crippen LogP contribution < -0.4 is 10.2 Å². The highest BCUT2D eigenvalue weighted by molar-refractivity contribution is 7.97. The van der Waals surface area contributed by atoms with Crippen LogP contribution >= 0.6 is 11.9 Å². The SMILES string of the molecule is COCC1=CS[N+](C)(C)C(C(=O)NO)C(S(=O)(=O)c2ccc(OC)cc2)=C1. The maximum atomic E-state index is 13.3. The summed E-state index contributed by atoms with van der Waals surface area (Å²) >= 11 is 1.25. The number of carbonyl (C=O) groups excluding carboxylic acids is 1.